The molecule has 1 saturated carbocycles. The van der Waals surface area contributed by atoms with Gasteiger partial charge >= 0.3 is 0 Å². The van der Waals surface area contributed by atoms with E-state index in [0.717, 1.165) is 30.6 Å². The number of aliphatic hydroxyl groups is 1. The molecule has 1 amide bonds. The van der Waals surface area contributed by atoms with E-state index in [1.165, 1.54) is 12.8 Å². The van der Waals surface area contributed by atoms with Crippen LogP contribution in [0, 0.1) is 18.8 Å². The molecule has 3 N–H and O–H groups in total. The first-order valence-electron chi connectivity index (χ1n) is 7.87. The van der Waals surface area contributed by atoms with Crippen LogP contribution in [-0.2, 0) is 4.79 Å². The summed E-state index contributed by atoms with van der Waals surface area (Å²) in [5.74, 6) is 0.876. The Kier molecular flexibility index (Phi) is 6.21. The lowest BCUT2D eigenvalue weighted by molar-refractivity contribution is -0.115. The molecular formula is C17H26N2O2. The Morgan fingerprint density at radius 1 is 1.24 bits per heavy atom. The summed E-state index contributed by atoms with van der Waals surface area (Å²) in [6.45, 7) is 3.38. The van der Waals surface area contributed by atoms with Gasteiger partial charge in [0.25, 0.3) is 0 Å². The largest absolute Gasteiger partial charge is 0.396 e. The Morgan fingerprint density at radius 2 is 1.95 bits per heavy atom. The number of aliphatic hydroxyl groups excluding tert-OH is 1. The summed E-state index contributed by atoms with van der Waals surface area (Å²) in [6.07, 6.45) is 4.71. The average Bonchev–Trinajstić information content (AvgIpc) is 2.50. The molecule has 1 aliphatic rings. The number of benzene rings is 1. The Labute approximate surface area is 126 Å². The first-order valence-corrected chi connectivity index (χ1v) is 7.87. The predicted octanol–water partition coefficient (Wildman–Crippen LogP) is 2.32. The maximum atomic E-state index is 11.9. The summed E-state index contributed by atoms with van der Waals surface area (Å²) in [4.78, 5) is 11.9. The molecule has 0 aromatic heterocycles. The molecule has 0 radical (unpaired) electrons. The van der Waals surface area contributed by atoms with Crippen molar-refractivity contribution >= 4 is 11.6 Å². The second-order valence-corrected chi connectivity index (χ2v) is 5.98. The maximum Gasteiger partial charge on any atom is 0.238 e. The molecule has 0 saturated heterocycles. The van der Waals surface area contributed by atoms with Crippen molar-refractivity contribution in [1.82, 2.24) is 5.32 Å². The van der Waals surface area contributed by atoms with E-state index < -0.39 is 0 Å². The number of aryl methyl sites for hydroxylation is 1. The van der Waals surface area contributed by atoms with Gasteiger partial charge in [-0.3, -0.25) is 4.79 Å². The third kappa shape index (κ3) is 4.83. The van der Waals surface area contributed by atoms with Crippen LogP contribution in [0.3, 0.4) is 0 Å². The number of para-hydroxylation sites is 1. The fourth-order valence-electron chi connectivity index (χ4n) is 3.07. The van der Waals surface area contributed by atoms with E-state index in [2.05, 4.69) is 10.6 Å². The highest BCUT2D eigenvalue weighted by molar-refractivity contribution is 5.92. The summed E-state index contributed by atoms with van der Waals surface area (Å²) >= 11 is 0. The minimum absolute atomic E-state index is 0.0133. The van der Waals surface area contributed by atoms with Crippen LogP contribution in [0.5, 0.6) is 0 Å². The van der Waals surface area contributed by atoms with Crippen molar-refractivity contribution in [3.05, 3.63) is 29.8 Å². The Balaban J connectivity index is 1.73. The first kappa shape index (κ1) is 16.0. The van der Waals surface area contributed by atoms with E-state index >= 15 is 0 Å². The van der Waals surface area contributed by atoms with Gasteiger partial charge in [-0.05, 0) is 49.8 Å². The standard InChI is InChI=1S/C17H26N2O2/c1-13-6-2-5-9-16(13)19-17(21)11-18-10-14-7-3-4-8-15(14)12-20/h2,5-6,9,14-15,18,20H,3-4,7-8,10-12H2,1H3,(H,19,21). The highest BCUT2D eigenvalue weighted by Gasteiger charge is 2.24. The molecule has 0 spiro atoms. The van der Waals surface area contributed by atoms with Crippen molar-refractivity contribution in [1.29, 1.82) is 0 Å². The summed E-state index contributed by atoms with van der Waals surface area (Å²) in [5.41, 5.74) is 1.94. The van der Waals surface area contributed by atoms with Gasteiger partial charge in [0.15, 0.2) is 0 Å². The molecular weight excluding hydrogens is 264 g/mol. The lowest BCUT2D eigenvalue weighted by Crippen LogP contribution is -2.36. The smallest absolute Gasteiger partial charge is 0.238 e. The van der Waals surface area contributed by atoms with Gasteiger partial charge in [-0.15, -0.1) is 0 Å². The van der Waals surface area contributed by atoms with Crippen LogP contribution < -0.4 is 10.6 Å². The predicted molar refractivity (Wildman–Crippen MR) is 85.2 cm³/mol. The summed E-state index contributed by atoms with van der Waals surface area (Å²) in [5, 5.41) is 15.5. The highest BCUT2D eigenvalue weighted by Crippen LogP contribution is 2.28. The van der Waals surface area contributed by atoms with Gasteiger partial charge in [-0.1, -0.05) is 31.0 Å². The van der Waals surface area contributed by atoms with Crippen LogP contribution in [-0.4, -0.2) is 30.7 Å². The number of carbonyl (C=O) groups excluding carboxylic acids is 1. The van der Waals surface area contributed by atoms with Gasteiger partial charge in [0, 0.05) is 12.3 Å². The van der Waals surface area contributed by atoms with E-state index in [1.807, 2.05) is 31.2 Å². The summed E-state index contributed by atoms with van der Waals surface area (Å²) in [6, 6.07) is 7.78. The SMILES string of the molecule is Cc1ccccc1NC(=O)CNCC1CCCCC1CO. The molecule has 2 unspecified atom stereocenters. The number of hydrogen-bond acceptors (Lipinski definition) is 3. The molecule has 1 aromatic rings. The van der Waals surface area contributed by atoms with Crippen molar-refractivity contribution < 1.29 is 9.90 Å². The third-order valence-electron chi connectivity index (χ3n) is 4.41. The van der Waals surface area contributed by atoms with Gasteiger partial charge in [0.2, 0.25) is 5.91 Å². The van der Waals surface area contributed by atoms with Crippen LogP contribution >= 0.6 is 0 Å². The zero-order valence-corrected chi connectivity index (χ0v) is 12.8. The van der Waals surface area contributed by atoms with Gasteiger partial charge in [0.05, 0.1) is 6.54 Å². The maximum absolute atomic E-state index is 11.9. The molecule has 116 valence electrons. The van der Waals surface area contributed by atoms with Crippen molar-refractivity contribution in [2.24, 2.45) is 11.8 Å². The average molecular weight is 290 g/mol. The monoisotopic (exact) mass is 290 g/mol. The number of carbonyl (C=O) groups is 1. The Hall–Kier alpha value is -1.39. The topological polar surface area (TPSA) is 61.4 Å². The van der Waals surface area contributed by atoms with E-state index in [-0.39, 0.29) is 12.5 Å². The van der Waals surface area contributed by atoms with Crippen LogP contribution in [0.4, 0.5) is 5.69 Å². The van der Waals surface area contributed by atoms with Crippen LogP contribution in [0.1, 0.15) is 31.2 Å². The molecule has 0 bridgehead atoms. The highest BCUT2D eigenvalue weighted by atomic mass is 16.3. The molecule has 0 heterocycles. The molecule has 1 aromatic carbocycles. The van der Waals surface area contributed by atoms with Gasteiger partial charge in [0.1, 0.15) is 0 Å². The zero-order valence-electron chi connectivity index (χ0n) is 12.8. The van der Waals surface area contributed by atoms with Crippen molar-refractivity contribution in [2.75, 3.05) is 25.0 Å². The lowest BCUT2D eigenvalue weighted by Gasteiger charge is -2.30. The second-order valence-electron chi connectivity index (χ2n) is 5.98. The molecule has 21 heavy (non-hydrogen) atoms. The molecule has 4 heteroatoms. The van der Waals surface area contributed by atoms with Crippen LogP contribution in [0.2, 0.25) is 0 Å². The summed E-state index contributed by atoms with van der Waals surface area (Å²) in [7, 11) is 0. The summed E-state index contributed by atoms with van der Waals surface area (Å²) < 4.78 is 0. The number of hydrogen-bond donors (Lipinski definition) is 3. The number of amides is 1. The quantitative estimate of drug-likeness (QED) is 0.753. The minimum atomic E-state index is -0.0133. The molecule has 4 nitrogen and oxygen atoms in total. The zero-order chi connectivity index (χ0) is 15.1. The molecule has 0 aliphatic heterocycles. The van der Waals surface area contributed by atoms with E-state index in [9.17, 15) is 9.90 Å². The third-order valence-corrected chi connectivity index (χ3v) is 4.41. The Morgan fingerprint density at radius 3 is 2.67 bits per heavy atom. The first-order chi connectivity index (χ1) is 10.2. The van der Waals surface area contributed by atoms with Crippen LogP contribution in [0.15, 0.2) is 24.3 Å². The molecule has 2 rings (SSSR count). The van der Waals surface area contributed by atoms with Crippen molar-refractivity contribution in [3.8, 4) is 0 Å². The van der Waals surface area contributed by atoms with Gasteiger partial charge in [-0.2, -0.15) is 0 Å². The van der Waals surface area contributed by atoms with E-state index in [1.54, 1.807) is 0 Å². The molecule has 1 aliphatic carbocycles. The molecule has 1 fully saturated rings. The number of rotatable bonds is 6. The van der Waals surface area contributed by atoms with E-state index in [4.69, 9.17) is 0 Å². The van der Waals surface area contributed by atoms with Gasteiger partial charge in [-0.25, -0.2) is 0 Å². The lowest BCUT2D eigenvalue weighted by atomic mass is 9.79. The Bertz CT molecular complexity index is 462. The van der Waals surface area contributed by atoms with Crippen molar-refractivity contribution in [3.63, 3.8) is 0 Å². The second kappa shape index (κ2) is 8.15. The number of anilines is 1. The van der Waals surface area contributed by atoms with Crippen molar-refractivity contribution in [2.45, 2.75) is 32.6 Å². The fourth-order valence-corrected chi connectivity index (χ4v) is 3.07. The normalized spacial score (nSPS) is 22.0. The molecule has 2 atom stereocenters. The van der Waals surface area contributed by atoms with Crippen LogP contribution in [0.25, 0.3) is 0 Å². The van der Waals surface area contributed by atoms with Gasteiger partial charge < -0.3 is 15.7 Å². The van der Waals surface area contributed by atoms with E-state index in [0.29, 0.717) is 18.4 Å². The minimum Gasteiger partial charge on any atom is -0.396 e. The number of nitrogens with one attached hydrogen (secondary N) is 2. The fraction of sp³-hybridized carbons (Fsp3) is 0.588.